The van der Waals surface area contributed by atoms with E-state index in [0.29, 0.717) is 0 Å². The van der Waals surface area contributed by atoms with E-state index in [2.05, 4.69) is 144 Å². The minimum Gasteiger partial charge on any atom is -0.405 e. The number of benzene rings is 2. The third-order valence-corrected chi connectivity index (χ3v) is 13.3. The first-order valence-corrected chi connectivity index (χ1v) is 22.2. The van der Waals surface area contributed by atoms with Gasteiger partial charge in [0.15, 0.2) is 0 Å². The number of nitrogens with zero attached hydrogens (tertiary/aromatic N) is 2. The van der Waals surface area contributed by atoms with Crippen LogP contribution in [0.1, 0.15) is 137 Å². The molecule has 0 N–H and O–H groups in total. The predicted octanol–water partition coefficient (Wildman–Crippen LogP) is 12.0. The molecule has 3 fully saturated rings. The predicted molar refractivity (Wildman–Crippen MR) is 259 cm³/mol. The molecule has 2 aromatic carbocycles. The fraction of sp³-hybridized carbons (Fsp3) is 0.551. The second-order valence-corrected chi connectivity index (χ2v) is 22.3. The van der Waals surface area contributed by atoms with Gasteiger partial charge in [-0.1, -0.05) is 93.9 Å². The van der Waals surface area contributed by atoms with Crippen molar-refractivity contribution in [3.05, 3.63) is 101 Å². The minimum atomic E-state index is -1.00. The number of aromatic nitrogens is 2. The van der Waals surface area contributed by atoms with Gasteiger partial charge < -0.3 is 27.9 Å². The van der Waals surface area contributed by atoms with Crippen molar-refractivity contribution in [3.63, 3.8) is 0 Å². The van der Waals surface area contributed by atoms with Gasteiger partial charge >= 0.3 is 21.1 Å². The molecular formula is C49H71B3BrFN2O6. The second kappa shape index (κ2) is 18.9. The summed E-state index contributed by atoms with van der Waals surface area (Å²) >= 11 is 3.58. The van der Waals surface area contributed by atoms with Crippen molar-refractivity contribution in [3.8, 4) is 22.3 Å². The van der Waals surface area contributed by atoms with E-state index in [1.54, 1.807) is 12.4 Å². The molecule has 3 aliphatic heterocycles. The lowest BCUT2D eigenvalue weighted by Crippen LogP contribution is -2.41. The van der Waals surface area contributed by atoms with Crippen LogP contribution in [0.2, 0.25) is 0 Å². The molecule has 3 aliphatic rings. The highest BCUT2D eigenvalue weighted by molar-refractivity contribution is 9.10. The molecule has 336 valence electrons. The van der Waals surface area contributed by atoms with Gasteiger partial charge in [-0.25, -0.2) is 0 Å². The summed E-state index contributed by atoms with van der Waals surface area (Å²) in [4.78, 5) is 8.43. The quantitative estimate of drug-likeness (QED) is 0.187. The Kier molecular flexibility index (Phi) is 15.3. The summed E-state index contributed by atoms with van der Waals surface area (Å²) in [5, 5.41) is 0. The van der Waals surface area contributed by atoms with E-state index in [1.165, 1.54) is 16.7 Å². The first-order chi connectivity index (χ1) is 28.8. The van der Waals surface area contributed by atoms with Crippen LogP contribution < -0.4 is 5.46 Å². The lowest BCUT2D eigenvalue weighted by Gasteiger charge is -2.32. The van der Waals surface area contributed by atoms with E-state index in [1.807, 2.05) is 79.9 Å². The standard InChI is InChI=1S/C21H28BNO2.C15H16BrN.C12H24B2O4.CH3F/c1-19(2,3)17-11-16(15-9-8-10-23-14-15)12-18(13-17)22-24-20(4,5)21(6,7)25-22;1-15(2,3)13-7-12(8-14(16)9-13)11-5-4-6-17-10-11;1-9(2)10(3,4)16-13(15-9)14-17-11(5,6)12(7,8)18-14;1-2/h8-14H,1-7H3;4-10H,1-3H3;1-8H3;1H3/i;;;1D. The van der Waals surface area contributed by atoms with Crippen LogP contribution in [-0.2, 0) is 38.8 Å². The molecule has 0 unspecified atom stereocenters. The van der Waals surface area contributed by atoms with Gasteiger partial charge in [0.05, 0.1) is 42.1 Å². The summed E-state index contributed by atoms with van der Waals surface area (Å²) in [5.41, 5.74) is 6.32. The molecular weight excluding hydrogens is 844 g/mol. The zero-order chi connectivity index (χ0) is 47.6. The number of hydrogen-bond acceptors (Lipinski definition) is 8. The number of hydrogen-bond donors (Lipinski definition) is 0. The first-order valence-electron chi connectivity index (χ1n) is 22.2. The van der Waals surface area contributed by atoms with Crippen LogP contribution in [0.3, 0.4) is 0 Å². The molecule has 0 bridgehead atoms. The van der Waals surface area contributed by atoms with E-state index >= 15 is 0 Å². The van der Waals surface area contributed by atoms with E-state index in [9.17, 15) is 4.39 Å². The monoisotopic (exact) mass is 915 g/mol. The van der Waals surface area contributed by atoms with Crippen molar-refractivity contribution in [1.29, 1.82) is 0 Å². The summed E-state index contributed by atoms with van der Waals surface area (Å²) < 4.78 is 53.0. The molecule has 62 heavy (non-hydrogen) atoms. The van der Waals surface area contributed by atoms with Crippen molar-refractivity contribution in [2.75, 3.05) is 7.15 Å². The summed E-state index contributed by atoms with van der Waals surface area (Å²) in [5.74, 6) is 0. The molecule has 0 saturated carbocycles. The van der Waals surface area contributed by atoms with Crippen LogP contribution in [0.4, 0.5) is 4.39 Å². The molecule has 4 aromatic rings. The number of halogens is 2. The Morgan fingerprint density at radius 1 is 0.516 bits per heavy atom. The maximum absolute atomic E-state index is 9.96. The number of alkyl halides is 1. The Hall–Kier alpha value is -2.90. The normalized spacial score (nSPS) is 20.5. The Bertz CT molecular complexity index is 2050. The lowest BCUT2D eigenvalue weighted by molar-refractivity contribution is 0.00578. The molecule has 13 heteroatoms. The van der Waals surface area contributed by atoms with Crippen molar-refractivity contribution in [1.82, 2.24) is 9.97 Å². The number of rotatable bonds is 4. The smallest absolute Gasteiger partial charge is 0.405 e. The molecule has 2 aromatic heterocycles. The fourth-order valence-corrected chi connectivity index (χ4v) is 7.12. The van der Waals surface area contributed by atoms with Crippen LogP contribution in [0.5, 0.6) is 0 Å². The number of pyridine rings is 2. The van der Waals surface area contributed by atoms with Crippen LogP contribution in [0, 0.1) is 0 Å². The van der Waals surface area contributed by atoms with Gasteiger partial charge in [0.2, 0.25) is 0 Å². The highest BCUT2D eigenvalue weighted by atomic mass is 79.9. The third-order valence-electron chi connectivity index (χ3n) is 12.9. The Balaban J connectivity index is 0.000000206. The van der Waals surface area contributed by atoms with Gasteiger partial charge in [-0.05, 0) is 151 Å². The molecule has 3 saturated heterocycles. The van der Waals surface area contributed by atoms with E-state index in [-0.39, 0.29) is 51.6 Å². The maximum atomic E-state index is 9.96. The molecule has 0 amide bonds. The van der Waals surface area contributed by atoms with E-state index in [0.717, 1.165) is 26.6 Å². The zero-order valence-electron chi connectivity index (χ0n) is 41.6. The average Bonchev–Trinajstić information content (AvgIpc) is 3.64. The Labute approximate surface area is 384 Å². The molecule has 8 nitrogen and oxygen atoms in total. The van der Waals surface area contributed by atoms with Crippen molar-refractivity contribution in [2.45, 2.75) is 169 Å². The summed E-state index contributed by atoms with van der Waals surface area (Å²) in [6, 6.07) is 21.3. The topological polar surface area (TPSA) is 81.2 Å². The van der Waals surface area contributed by atoms with E-state index in [4.69, 9.17) is 29.3 Å². The first kappa shape index (κ1) is 50.1. The molecule has 0 spiro atoms. The lowest BCUT2D eigenvalue weighted by atomic mass is 9.49. The third kappa shape index (κ3) is 12.1. The average molecular weight is 916 g/mol. The fourth-order valence-electron chi connectivity index (χ4n) is 6.62. The highest BCUT2D eigenvalue weighted by Gasteiger charge is 2.63. The highest BCUT2D eigenvalue weighted by Crippen LogP contribution is 2.43. The van der Waals surface area contributed by atoms with Crippen LogP contribution >= 0.6 is 15.9 Å². The summed E-state index contributed by atoms with van der Waals surface area (Å²) in [7, 11) is -2.31. The minimum absolute atomic E-state index is 0.0383. The van der Waals surface area contributed by atoms with Crippen molar-refractivity contribution >= 4 is 42.5 Å². The van der Waals surface area contributed by atoms with Gasteiger partial charge in [0.1, 0.15) is 0 Å². The SMILES string of the molecule is CC(C)(C)c1cc(B2OC(C)(C)C(C)(C)O2)cc(-c2cccnc2)c1.CC(C)(C)c1cc(Br)cc(-c2cccnc2)c1.CC1(C)OB(B2OC(C)(C)C(C)(C)O2)OC1(C)C.[2H]CF. The van der Waals surface area contributed by atoms with Crippen LogP contribution in [0.15, 0.2) is 89.9 Å². The Morgan fingerprint density at radius 2 is 0.855 bits per heavy atom. The van der Waals surface area contributed by atoms with Crippen molar-refractivity contribution in [2.24, 2.45) is 0 Å². The molecule has 0 radical (unpaired) electrons. The molecule has 5 heterocycles. The van der Waals surface area contributed by atoms with Crippen LogP contribution in [0.25, 0.3) is 22.3 Å². The van der Waals surface area contributed by atoms with Gasteiger partial charge in [-0.15, -0.1) is 0 Å². The largest absolute Gasteiger partial charge is 0.494 e. The molecule has 0 atom stereocenters. The Morgan fingerprint density at radius 3 is 1.19 bits per heavy atom. The van der Waals surface area contributed by atoms with Crippen LogP contribution in [-0.4, -0.2) is 71.9 Å². The van der Waals surface area contributed by atoms with Gasteiger partial charge in [0, 0.05) is 34.8 Å². The molecule has 0 aliphatic carbocycles. The summed E-state index contributed by atoms with van der Waals surface area (Å²) in [6.45, 7) is 37.9. The van der Waals surface area contributed by atoms with Gasteiger partial charge in [-0.2, -0.15) is 0 Å². The molecule has 7 rings (SSSR count). The second-order valence-electron chi connectivity index (χ2n) is 21.4. The maximum Gasteiger partial charge on any atom is 0.494 e. The summed E-state index contributed by atoms with van der Waals surface area (Å²) in [6.07, 6.45) is 7.39. The van der Waals surface area contributed by atoms with Crippen molar-refractivity contribution < 1.29 is 33.7 Å². The zero-order valence-corrected chi connectivity index (χ0v) is 42.2. The van der Waals surface area contributed by atoms with E-state index < -0.39 is 21.2 Å². The van der Waals surface area contributed by atoms with Gasteiger partial charge in [-0.3, -0.25) is 14.4 Å². The van der Waals surface area contributed by atoms with Gasteiger partial charge in [0.25, 0.3) is 0 Å².